The van der Waals surface area contributed by atoms with Crippen LogP contribution >= 0.6 is 0 Å². The number of hydrogen-bond donors (Lipinski definition) is 2. The van der Waals surface area contributed by atoms with Gasteiger partial charge in [0.15, 0.2) is 0 Å². The van der Waals surface area contributed by atoms with E-state index in [1.54, 1.807) is 6.92 Å². The summed E-state index contributed by atoms with van der Waals surface area (Å²) in [6.07, 6.45) is 0.457. The van der Waals surface area contributed by atoms with Gasteiger partial charge in [-0.15, -0.1) is 0 Å². The van der Waals surface area contributed by atoms with Gasteiger partial charge in [0.25, 0.3) is 0 Å². The molecule has 0 aliphatic heterocycles. The fourth-order valence-electron chi connectivity index (χ4n) is 1.64. The zero-order chi connectivity index (χ0) is 13.6. The van der Waals surface area contributed by atoms with Gasteiger partial charge in [0.2, 0.25) is 5.91 Å². The molecule has 0 rings (SSSR count). The molecule has 3 unspecified atom stereocenters. The Morgan fingerprint density at radius 2 is 1.76 bits per heavy atom. The first-order valence-corrected chi connectivity index (χ1v) is 5.52. The Balaban J connectivity index is 4.59. The molecule has 0 fully saturated rings. The molecule has 0 radical (unpaired) electrons. The van der Waals surface area contributed by atoms with Crippen molar-refractivity contribution in [1.82, 2.24) is 0 Å². The van der Waals surface area contributed by atoms with Crippen LogP contribution in [0.3, 0.4) is 0 Å². The lowest BCUT2D eigenvalue weighted by atomic mass is 9.86. The second-order valence-electron chi connectivity index (χ2n) is 4.23. The number of primary amides is 1. The highest BCUT2D eigenvalue weighted by Crippen LogP contribution is 2.22. The zero-order valence-corrected chi connectivity index (χ0v) is 10.0. The number of amides is 1. The molecular weight excluding hydrogens is 226 g/mol. The number of carbonyl (C=O) groups excluding carboxylic acids is 2. The number of aliphatic carboxylic acids is 2. The predicted octanol–water partition coefficient (Wildman–Crippen LogP) is -0.635. The first kappa shape index (κ1) is 15.4. The lowest BCUT2D eigenvalue weighted by molar-refractivity contribution is -0.311. The second-order valence-corrected chi connectivity index (χ2v) is 4.23. The van der Waals surface area contributed by atoms with Gasteiger partial charge < -0.3 is 20.7 Å². The Bertz CT molecular complexity index is 302. The fraction of sp³-hybridized carbons (Fsp3) is 0.727. The maximum absolute atomic E-state index is 11.1. The third kappa shape index (κ3) is 5.33. The molecule has 0 bridgehead atoms. The molecular formula is C11H18NO5-. The third-order valence-corrected chi connectivity index (χ3v) is 2.85. The van der Waals surface area contributed by atoms with Gasteiger partial charge in [-0.25, -0.2) is 0 Å². The standard InChI is InChI=1S/C11H19NO5/c1-3-7(11(16)17)5-8(9(12)13)4-6(2)10(14)15/h6-8H,3-5H2,1-2H3,(H2,12,13)(H,14,15)(H,16,17)/p-1. The second kappa shape index (κ2) is 6.88. The summed E-state index contributed by atoms with van der Waals surface area (Å²) in [5.41, 5.74) is 5.14. The summed E-state index contributed by atoms with van der Waals surface area (Å²) in [6.45, 7) is 3.10. The minimum absolute atomic E-state index is 0.0153. The van der Waals surface area contributed by atoms with Crippen LogP contribution in [0.1, 0.15) is 33.1 Å². The lowest BCUT2D eigenvalue weighted by Gasteiger charge is -2.21. The van der Waals surface area contributed by atoms with Crippen molar-refractivity contribution < 1.29 is 24.6 Å². The molecule has 98 valence electrons. The van der Waals surface area contributed by atoms with E-state index in [1.165, 1.54) is 6.92 Å². The minimum Gasteiger partial charge on any atom is -0.550 e. The van der Waals surface area contributed by atoms with Gasteiger partial charge in [-0.1, -0.05) is 13.8 Å². The van der Waals surface area contributed by atoms with E-state index < -0.39 is 35.6 Å². The van der Waals surface area contributed by atoms with E-state index in [1.807, 2.05) is 0 Å². The van der Waals surface area contributed by atoms with Gasteiger partial charge in [-0.2, -0.15) is 0 Å². The highest BCUT2D eigenvalue weighted by molar-refractivity contribution is 5.79. The summed E-state index contributed by atoms with van der Waals surface area (Å²) >= 11 is 0. The van der Waals surface area contributed by atoms with Gasteiger partial charge in [0.05, 0.1) is 5.92 Å². The van der Waals surface area contributed by atoms with E-state index in [4.69, 9.17) is 10.8 Å². The van der Waals surface area contributed by atoms with E-state index in [0.29, 0.717) is 6.42 Å². The van der Waals surface area contributed by atoms with Crippen LogP contribution in [0.2, 0.25) is 0 Å². The van der Waals surface area contributed by atoms with Crippen molar-refractivity contribution in [2.24, 2.45) is 23.5 Å². The van der Waals surface area contributed by atoms with Crippen LogP contribution < -0.4 is 10.8 Å². The number of nitrogens with two attached hydrogens (primary N) is 1. The van der Waals surface area contributed by atoms with Crippen molar-refractivity contribution in [2.45, 2.75) is 33.1 Å². The molecule has 0 heterocycles. The molecule has 6 heteroatoms. The Hall–Kier alpha value is -1.59. The molecule has 0 spiro atoms. The molecule has 1 amide bonds. The first-order valence-electron chi connectivity index (χ1n) is 5.52. The van der Waals surface area contributed by atoms with Crippen LogP contribution in [-0.4, -0.2) is 23.0 Å². The molecule has 0 saturated heterocycles. The van der Waals surface area contributed by atoms with Crippen molar-refractivity contribution in [2.75, 3.05) is 0 Å². The average molecular weight is 244 g/mol. The minimum atomic E-state index is -1.26. The van der Waals surface area contributed by atoms with Gasteiger partial charge in [-0.05, 0) is 25.2 Å². The molecule has 0 aromatic heterocycles. The number of carboxylic acids is 2. The van der Waals surface area contributed by atoms with Crippen molar-refractivity contribution in [1.29, 1.82) is 0 Å². The predicted molar refractivity (Wildman–Crippen MR) is 57.5 cm³/mol. The zero-order valence-electron chi connectivity index (χ0n) is 10.0. The third-order valence-electron chi connectivity index (χ3n) is 2.85. The largest absolute Gasteiger partial charge is 0.550 e. The monoisotopic (exact) mass is 244 g/mol. The molecule has 0 saturated carbocycles. The van der Waals surface area contributed by atoms with Crippen LogP contribution in [0.5, 0.6) is 0 Å². The lowest BCUT2D eigenvalue weighted by Crippen LogP contribution is -2.35. The number of carboxylic acid groups (broad SMARTS) is 2. The molecule has 0 aromatic rings. The maximum Gasteiger partial charge on any atom is 0.306 e. The van der Waals surface area contributed by atoms with Crippen LogP contribution in [0, 0.1) is 17.8 Å². The highest BCUT2D eigenvalue weighted by atomic mass is 16.4. The van der Waals surface area contributed by atoms with Gasteiger partial charge in [0.1, 0.15) is 0 Å². The molecule has 0 aromatic carbocycles. The van der Waals surface area contributed by atoms with Crippen molar-refractivity contribution in [3.05, 3.63) is 0 Å². The number of carbonyl (C=O) groups is 3. The first-order chi connectivity index (χ1) is 7.79. The van der Waals surface area contributed by atoms with Gasteiger partial charge in [-0.3, -0.25) is 9.59 Å². The molecule has 3 N–H and O–H groups in total. The topological polar surface area (TPSA) is 121 Å². The smallest absolute Gasteiger partial charge is 0.306 e. The Morgan fingerprint density at radius 3 is 2.06 bits per heavy atom. The Morgan fingerprint density at radius 1 is 1.24 bits per heavy atom. The number of rotatable bonds is 8. The van der Waals surface area contributed by atoms with Crippen LogP contribution in [0.15, 0.2) is 0 Å². The molecule has 0 aliphatic rings. The van der Waals surface area contributed by atoms with Crippen molar-refractivity contribution in [3.8, 4) is 0 Å². The van der Waals surface area contributed by atoms with Crippen LogP contribution in [-0.2, 0) is 14.4 Å². The maximum atomic E-state index is 11.1. The van der Waals surface area contributed by atoms with E-state index in [2.05, 4.69) is 0 Å². The Kier molecular flexibility index (Phi) is 6.23. The molecule has 3 atom stereocenters. The summed E-state index contributed by atoms with van der Waals surface area (Å²) in [6, 6.07) is 0. The van der Waals surface area contributed by atoms with E-state index >= 15 is 0 Å². The van der Waals surface area contributed by atoms with E-state index in [9.17, 15) is 19.5 Å². The summed E-state index contributed by atoms with van der Waals surface area (Å²) in [4.78, 5) is 32.5. The molecule has 0 aliphatic carbocycles. The summed E-state index contributed by atoms with van der Waals surface area (Å²) < 4.78 is 0. The summed E-state index contributed by atoms with van der Waals surface area (Å²) in [5.74, 6) is -5.18. The van der Waals surface area contributed by atoms with Crippen molar-refractivity contribution >= 4 is 17.8 Å². The SMILES string of the molecule is CCC(CC(CC(C)C(=O)[O-])C(N)=O)C(=O)O. The normalized spacial score (nSPS) is 15.9. The summed E-state index contributed by atoms with van der Waals surface area (Å²) in [7, 11) is 0. The van der Waals surface area contributed by atoms with Crippen molar-refractivity contribution in [3.63, 3.8) is 0 Å². The number of hydrogen-bond acceptors (Lipinski definition) is 4. The highest BCUT2D eigenvalue weighted by Gasteiger charge is 2.26. The Labute approximate surface area is 99.8 Å². The molecule has 6 nitrogen and oxygen atoms in total. The van der Waals surface area contributed by atoms with Crippen LogP contribution in [0.25, 0.3) is 0 Å². The van der Waals surface area contributed by atoms with Gasteiger partial charge >= 0.3 is 5.97 Å². The molecule has 17 heavy (non-hydrogen) atoms. The quantitative estimate of drug-likeness (QED) is 0.588. The van der Waals surface area contributed by atoms with E-state index in [0.717, 1.165) is 0 Å². The van der Waals surface area contributed by atoms with Crippen LogP contribution in [0.4, 0.5) is 0 Å². The summed E-state index contributed by atoms with van der Waals surface area (Å²) in [5, 5.41) is 19.4. The average Bonchev–Trinajstić information content (AvgIpc) is 2.22. The fourth-order valence-corrected chi connectivity index (χ4v) is 1.64. The van der Waals surface area contributed by atoms with E-state index in [-0.39, 0.29) is 12.8 Å². The van der Waals surface area contributed by atoms with Gasteiger partial charge in [0, 0.05) is 11.9 Å².